The molecule has 1 unspecified atom stereocenters. The van der Waals surface area contributed by atoms with Crippen molar-refractivity contribution in [3.8, 4) is 0 Å². The predicted octanol–water partition coefficient (Wildman–Crippen LogP) is 3.77. The fourth-order valence-corrected chi connectivity index (χ4v) is 2.62. The fraction of sp³-hybridized carbons (Fsp3) is 0.353. The van der Waals surface area contributed by atoms with E-state index in [9.17, 15) is 0 Å². The van der Waals surface area contributed by atoms with Crippen LogP contribution in [0.4, 0.5) is 0 Å². The number of nitrogens with one attached hydrogen (secondary N) is 1. The van der Waals surface area contributed by atoms with Crippen LogP contribution < -0.4 is 5.32 Å². The third-order valence-corrected chi connectivity index (χ3v) is 3.89. The van der Waals surface area contributed by atoms with E-state index in [-0.39, 0.29) is 0 Å². The van der Waals surface area contributed by atoms with Gasteiger partial charge in [0.15, 0.2) is 0 Å². The van der Waals surface area contributed by atoms with E-state index in [1.165, 1.54) is 11.1 Å². The first-order valence-corrected chi connectivity index (χ1v) is 7.77. The number of nitrogens with zero attached hydrogens (tertiary/aromatic N) is 1. The first-order chi connectivity index (χ1) is 9.67. The second-order valence-corrected chi connectivity index (χ2v) is 6.20. The van der Waals surface area contributed by atoms with E-state index in [1.54, 1.807) is 0 Å². The molecule has 0 bridgehead atoms. The second-order valence-electron chi connectivity index (χ2n) is 5.29. The van der Waals surface area contributed by atoms with Crippen molar-refractivity contribution < 1.29 is 0 Å². The zero-order valence-corrected chi connectivity index (χ0v) is 13.7. The Kier molecular flexibility index (Phi) is 5.74. The molecular weight excluding hydrogens is 312 g/mol. The Morgan fingerprint density at radius 1 is 1.10 bits per heavy atom. The minimum atomic E-state index is 0.566. The van der Waals surface area contributed by atoms with E-state index in [0.717, 1.165) is 29.6 Å². The lowest BCUT2D eigenvalue weighted by Gasteiger charge is -2.16. The van der Waals surface area contributed by atoms with Crippen LogP contribution in [0.3, 0.4) is 0 Å². The Hall–Kier alpha value is -1.19. The van der Waals surface area contributed by atoms with Gasteiger partial charge in [0.25, 0.3) is 0 Å². The van der Waals surface area contributed by atoms with E-state index < -0.39 is 0 Å². The van der Waals surface area contributed by atoms with Crippen LogP contribution in [0.1, 0.15) is 16.8 Å². The topological polar surface area (TPSA) is 24.9 Å². The molecule has 20 heavy (non-hydrogen) atoms. The van der Waals surface area contributed by atoms with Crippen molar-refractivity contribution in [2.75, 3.05) is 13.6 Å². The minimum Gasteiger partial charge on any atom is -0.319 e. The third kappa shape index (κ3) is 4.73. The normalized spacial score (nSPS) is 12.3. The maximum absolute atomic E-state index is 4.48. The van der Waals surface area contributed by atoms with Crippen LogP contribution in [-0.4, -0.2) is 18.6 Å². The number of aromatic nitrogens is 1. The lowest BCUT2D eigenvalue weighted by molar-refractivity contribution is 0.488. The number of rotatable bonds is 6. The van der Waals surface area contributed by atoms with Gasteiger partial charge in [0.1, 0.15) is 0 Å². The molecule has 2 nitrogen and oxygen atoms in total. The van der Waals surface area contributed by atoms with Gasteiger partial charge >= 0.3 is 0 Å². The van der Waals surface area contributed by atoms with Gasteiger partial charge in [-0.15, -0.1) is 0 Å². The standard InChI is InChI=1S/C17H21BrN2/c1-13-3-5-14(6-4-13)9-15(11-19-2)10-17-8-7-16(18)12-20-17/h3-8,12,15,19H,9-11H2,1-2H3. The largest absolute Gasteiger partial charge is 0.319 e. The lowest BCUT2D eigenvalue weighted by Crippen LogP contribution is -2.23. The Morgan fingerprint density at radius 2 is 1.85 bits per heavy atom. The molecule has 0 fully saturated rings. The highest BCUT2D eigenvalue weighted by atomic mass is 79.9. The number of halogens is 1. The molecule has 106 valence electrons. The number of hydrogen-bond acceptors (Lipinski definition) is 2. The number of benzene rings is 1. The van der Waals surface area contributed by atoms with Gasteiger partial charge < -0.3 is 5.32 Å². The first-order valence-electron chi connectivity index (χ1n) is 6.98. The molecule has 0 amide bonds. The summed E-state index contributed by atoms with van der Waals surface area (Å²) < 4.78 is 1.03. The Bertz CT molecular complexity index is 472. The van der Waals surface area contributed by atoms with Crippen molar-refractivity contribution in [2.45, 2.75) is 19.8 Å². The zero-order chi connectivity index (χ0) is 14.4. The zero-order valence-electron chi connectivity index (χ0n) is 12.1. The van der Waals surface area contributed by atoms with Crippen LogP contribution in [0.15, 0.2) is 47.1 Å². The molecular formula is C17H21BrN2. The monoisotopic (exact) mass is 332 g/mol. The highest BCUT2D eigenvalue weighted by molar-refractivity contribution is 9.10. The molecule has 1 atom stereocenters. The van der Waals surface area contributed by atoms with Crippen molar-refractivity contribution in [2.24, 2.45) is 5.92 Å². The van der Waals surface area contributed by atoms with E-state index in [1.807, 2.05) is 13.2 Å². The van der Waals surface area contributed by atoms with Crippen LogP contribution in [-0.2, 0) is 12.8 Å². The summed E-state index contributed by atoms with van der Waals surface area (Å²) in [6.07, 6.45) is 3.96. The van der Waals surface area contributed by atoms with E-state index >= 15 is 0 Å². The van der Waals surface area contributed by atoms with Gasteiger partial charge in [0.05, 0.1) is 0 Å². The Labute approximate surface area is 129 Å². The molecule has 0 aliphatic carbocycles. The molecule has 0 aliphatic heterocycles. The van der Waals surface area contributed by atoms with Gasteiger partial charge in [-0.05, 0) is 72.9 Å². The van der Waals surface area contributed by atoms with Gasteiger partial charge in [0, 0.05) is 16.4 Å². The van der Waals surface area contributed by atoms with E-state index in [0.29, 0.717) is 5.92 Å². The van der Waals surface area contributed by atoms with Gasteiger partial charge in [0.2, 0.25) is 0 Å². The molecule has 1 N–H and O–H groups in total. The predicted molar refractivity (Wildman–Crippen MR) is 87.9 cm³/mol. The summed E-state index contributed by atoms with van der Waals surface area (Å²) in [5.41, 5.74) is 3.86. The molecule has 1 aromatic heterocycles. The molecule has 0 radical (unpaired) electrons. The molecule has 2 aromatic rings. The number of hydrogen-bond donors (Lipinski definition) is 1. The van der Waals surface area contributed by atoms with Gasteiger partial charge in [-0.25, -0.2) is 0 Å². The molecule has 0 aliphatic rings. The molecule has 0 spiro atoms. The SMILES string of the molecule is CNCC(Cc1ccc(C)cc1)Cc1ccc(Br)cn1. The fourth-order valence-electron chi connectivity index (χ4n) is 2.39. The lowest BCUT2D eigenvalue weighted by atomic mass is 9.94. The van der Waals surface area contributed by atoms with Crippen molar-refractivity contribution in [3.05, 3.63) is 63.9 Å². The van der Waals surface area contributed by atoms with Crippen molar-refractivity contribution in [1.29, 1.82) is 0 Å². The smallest absolute Gasteiger partial charge is 0.0413 e. The minimum absolute atomic E-state index is 0.566. The van der Waals surface area contributed by atoms with Gasteiger partial charge in [-0.1, -0.05) is 29.8 Å². The highest BCUT2D eigenvalue weighted by Gasteiger charge is 2.11. The summed E-state index contributed by atoms with van der Waals surface area (Å²) in [7, 11) is 2.01. The van der Waals surface area contributed by atoms with E-state index in [4.69, 9.17) is 0 Å². The Morgan fingerprint density at radius 3 is 2.45 bits per heavy atom. The summed E-state index contributed by atoms with van der Waals surface area (Å²) in [4.78, 5) is 4.48. The van der Waals surface area contributed by atoms with Crippen LogP contribution in [0, 0.1) is 12.8 Å². The van der Waals surface area contributed by atoms with Crippen LogP contribution in [0.5, 0.6) is 0 Å². The quantitative estimate of drug-likeness (QED) is 0.870. The first kappa shape index (κ1) is 15.2. The van der Waals surface area contributed by atoms with Crippen molar-refractivity contribution >= 4 is 15.9 Å². The molecule has 2 rings (SSSR count). The third-order valence-electron chi connectivity index (χ3n) is 3.42. The maximum Gasteiger partial charge on any atom is 0.0413 e. The van der Waals surface area contributed by atoms with E-state index in [2.05, 4.69) is 69.6 Å². The van der Waals surface area contributed by atoms with Crippen molar-refractivity contribution in [3.63, 3.8) is 0 Å². The summed E-state index contributed by atoms with van der Waals surface area (Å²) >= 11 is 3.43. The molecule has 3 heteroatoms. The molecule has 0 saturated heterocycles. The van der Waals surface area contributed by atoms with Crippen LogP contribution in [0.2, 0.25) is 0 Å². The summed E-state index contributed by atoms with van der Waals surface area (Å²) in [6, 6.07) is 13.0. The average molecular weight is 333 g/mol. The maximum atomic E-state index is 4.48. The average Bonchev–Trinajstić information content (AvgIpc) is 2.44. The summed E-state index contributed by atoms with van der Waals surface area (Å²) in [5.74, 6) is 0.566. The summed E-state index contributed by atoms with van der Waals surface area (Å²) in [6.45, 7) is 3.13. The van der Waals surface area contributed by atoms with Crippen LogP contribution >= 0.6 is 15.9 Å². The van der Waals surface area contributed by atoms with Crippen molar-refractivity contribution in [1.82, 2.24) is 10.3 Å². The highest BCUT2D eigenvalue weighted by Crippen LogP contribution is 2.15. The van der Waals surface area contributed by atoms with Crippen LogP contribution in [0.25, 0.3) is 0 Å². The molecule has 1 heterocycles. The second kappa shape index (κ2) is 7.55. The van der Waals surface area contributed by atoms with Gasteiger partial charge in [-0.3, -0.25) is 4.98 Å². The Balaban J connectivity index is 2.02. The number of pyridine rings is 1. The summed E-state index contributed by atoms with van der Waals surface area (Å²) in [5, 5.41) is 3.29. The number of aryl methyl sites for hydroxylation is 1. The molecule has 1 aromatic carbocycles. The van der Waals surface area contributed by atoms with Gasteiger partial charge in [-0.2, -0.15) is 0 Å². The molecule has 0 saturated carbocycles.